The number of urea groups is 1. The minimum Gasteiger partial charge on any atom is -0.376 e. The highest BCUT2D eigenvalue weighted by Crippen LogP contribution is 2.40. The molecule has 4 aliphatic rings. The number of carbonyl (C=O) groups is 2. The molecular formula is C22H33N5O4. The Hall–Kier alpha value is -2.13. The van der Waals surface area contributed by atoms with Crippen LogP contribution in [0.15, 0.2) is 12.4 Å². The third-order valence-corrected chi connectivity index (χ3v) is 7.21. The number of nitrogens with one attached hydrogen (secondary N) is 2. The molecule has 2 saturated heterocycles. The topological polar surface area (TPSA) is 97.7 Å². The molecule has 1 aromatic rings. The molecule has 3 aliphatic heterocycles. The van der Waals surface area contributed by atoms with Crippen molar-refractivity contribution in [1.29, 1.82) is 0 Å². The smallest absolute Gasteiger partial charge is 0.317 e. The van der Waals surface area contributed by atoms with Gasteiger partial charge in [0, 0.05) is 57.5 Å². The maximum atomic E-state index is 12.9. The van der Waals surface area contributed by atoms with Gasteiger partial charge in [0.25, 0.3) is 5.91 Å². The van der Waals surface area contributed by atoms with Crippen LogP contribution in [-0.2, 0) is 26.4 Å². The van der Waals surface area contributed by atoms with Crippen molar-refractivity contribution in [3.8, 4) is 0 Å². The predicted octanol–water partition coefficient (Wildman–Crippen LogP) is 1.52. The molecule has 4 heterocycles. The molecular weight excluding hydrogens is 398 g/mol. The fraction of sp³-hybridized carbons (Fsp3) is 0.773. The van der Waals surface area contributed by atoms with Crippen molar-refractivity contribution in [1.82, 2.24) is 25.1 Å². The van der Waals surface area contributed by atoms with Gasteiger partial charge in [-0.15, -0.1) is 0 Å². The van der Waals surface area contributed by atoms with Crippen LogP contribution in [0.5, 0.6) is 0 Å². The highest BCUT2D eigenvalue weighted by molar-refractivity contribution is 5.81. The standard InChI is InChI=1S/C22H33N5O4/c28-19(24-14-17-6-3-13-30-17)18-15-27-12-9-23-20(27)22(31-18)7-10-26(11-8-22)21(29)25-16-4-1-2-5-16/h9,12,16-18H,1-8,10-11,13-15H2,(H,24,28)(H,25,29)/t17-,18-/m0/s1. The van der Waals surface area contributed by atoms with E-state index >= 15 is 0 Å². The van der Waals surface area contributed by atoms with Crippen molar-refractivity contribution in [3.63, 3.8) is 0 Å². The van der Waals surface area contributed by atoms with Crippen LogP contribution in [0.4, 0.5) is 4.79 Å². The number of nitrogens with zero attached hydrogens (tertiary/aromatic N) is 3. The fourth-order valence-electron chi connectivity index (χ4n) is 5.42. The van der Waals surface area contributed by atoms with Crippen LogP contribution in [0.3, 0.4) is 0 Å². The summed E-state index contributed by atoms with van der Waals surface area (Å²) in [5.41, 5.74) is -0.627. The molecule has 2 N–H and O–H groups in total. The zero-order chi connectivity index (χ0) is 21.3. The lowest BCUT2D eigenvalue weighted by molar-refractivity contribution is -0.172. The van der Waals surface area contributed by atoms with Crippen LogP contribution in [0.1, 0.15) is 57.2 Å². The molecule has 1 aliphatic carbocycles. The van der Waals surface area contributed by atoms with Crippen LogP contribution in [0.2, 0.25) is 0 Å². The first-order valence-corrected chi connectivity index (χ1v) is 11.8. The Bertz CT molecular complexity index is 792. The number of carbonyl (C=O) groups excluding carboxylic acids is 2. The second-order valence-corrected chi connectivity index (χ2v) is 9.30. The summed E-state index contributed by atoms with van der Waals surface area (Å²) < 4.78 is 14.1. The average Bonchev–Trinajstić information content (AvgIpc) is 3.55. The maximum absolute atomic E-state index is 12.9. The second kappa shape index (κ2) is 8.78. The molecule has 170 valence electrons. The molecule has 0 radical (unpaired) electrons. The quantitative estimate of drug-likeness (QED) is 0.753. The maximum Gasteiger partial charge on any atom is 0.317 e. The van der Waals surface area contributed by atoms with Gasteiger partial charge >= 0.3 is 6.03 Å². The van der Waals surface area contributed by atoms with E-state index in [1.165, 1.54) is 12.8 Å². The van der Waals surface area contributed by atoms with E-state index in [-0.39, 0.29) is 18.0 Å². The van der Waals surface area contributed by atoms with Crippen LogP contribution >= 0.6 is 0 Å². The Morgan fingerprint density at radius 3 is 2.71 bits per heavy atom. The van der Waals surface area contributed by atoms with Gasteiger partial charge in [-0.2, -0.15) is 0 Å². The minimum absolute atomic E-state index is 0.0201. The summed E-state index contributed by atoms with van der Waals surface area (Å²) in [7, 11) is 0. The molecule has 9 heteroatoms. The molecule has 0 bridgehead atoms. The Morgan fingerprint density at radius 1 is 1.16 bits per heavy atom. The third-order valence-electron chi connectivity index (χ3n) is 7.21. The van der Waals surface area contributed by atoms with Crippen molar-refractivity contribution in [3.05, 3.63) is 18.2 Å². The number of likely N-dealkylation sites (tertiary alicyclic amines) is 1. The zero-order valence-corrected chi connectivity index (χ0v) is 18.1. The zero-order valence-electron chi connectivity index (χ0n) is 18.1. The number of rotatable bonds is 4. The fourth-order valence-corrected chi connectivity index (χ4v) is 5.42. The van der Waals surface area contributed by atoms with Gasteiger partial charge in [-0.1, -0.05) is 12.8 Å². The summed E-state index contributed by atoms with van der Waals surface area (Å²) in [5.74, 6) is 0.766. The Morgan fingerprint density at radius 2 is 1.97 bits per heavy atom. The second-order valence-electron chi connectivity index (χ2n) is 9.30. The molecule has 9 nitrogen and oxygen atoms in total. The van der Waals surface area contributed by atoms with E-state index in [9.17, 15) is 9.59 Å². The van der Waals surface area contributed by atoms with Gasteiger partial charge in [0.05, 0.1) is 12.6 Å². The van der Waals surface area contributed by atoms with Crippen LogP contribution in [0, 0.1) is 0 Å². The van der Waals surface area contributed by atoms with Gasteiger partial charge in [0.15, 0.2) is 6.10 Å². The number of aromatic nitrogens is 2. The SMILES string of the molecule is O=C(NC[C@@H]1CCCO1)[C@@H]1Cn2ccnc2C2(CCN(C(=O)NC3CCCC3)CC2)O1. The van der Waals surface area contributed by atoms with Crippen molar-refractivity contribution < 1.29 is 19.1 Å². The lowest BCUT2D eigenvalue weighted by atomic mass is 9.88. The number of ether oxygens (including phenoxy) is 2. The highest BCUT2D eigenvalue weighted by atomic mass is 16.5. The molecule has 3 fully saturated rings. The normalized spacial score (nSPS) is 27.9. The molecule has 0 unspecified atom stereocenters. The number of amides is 3. The summed E-state index contributed by atoms with van der Waals surface area (Å²) in [6.07, 6.45) is 11.1. The summed E-state index contributed by atoms with van der Waals surface area (Å²) >= 11 is 0. The molecule has 3 amide bonds. The summed E-state index contributed by atoms with van der Waals surface area (Å²) in [5, 5.41) is 6.18. The summed E-state index contributed by atoms with van der Waals surface area (Å²) in [4.78, 5) is 32.0. The van der Waals surface area contributed by atoms with Crippen molar-refractivity contribution in [2.24, 2.45) is 0 Å². The number of imidazole rings is 1. The van der Waals surface area contributed by atoms with Gasteiger partial charge in [0.2, 0.25) is 0 Å². The number of hydrogen-bond donors (Lipinski definition) is 2. The third kappa shape index (κ3) is 4.30. The number of hydrogen-bond acceptors (Lipinski definition) is 5. The van der Waals surface area contributed by atoms with Gasteiger partial charge in [-0.3, -0.25) is 4.79 Å². The van der Waals surface area contributed by atoms with Gasteiger partial charge in [-0.05, 0) is 25.7 Å². The van der Waals surface area contributed by atoms with Gasteiger partial charge < -0.3 is 29.6 Å². The van der Waals surface area contributed by atoms with Crippen LogP contribution < -0.4 is 10.6 Å². The Kier molecular flexibility index (Phi) is 5.88. The van der Waals surface area contributed by atoms with Crippen LogP contribution in [0.25, 0.3) is 0 Å². The van der Waals surface area contributed by atoms with E-state index in [1.54, 1.807) is 6.20 Å². The van der Waals surface area contributed by atoms with E-state index in [2.05, 4.69) is 15.6 Å². The molecule has 5 rings (SSSR count). The molecule has 1 spiro atoms. The first-order valence-electron chi connectivity index (χ1n) is 11.8. The summed E-state index contributed by atoms with van der Waals surface area (Å²) in [6, 6.07) is 0.330. The van der Waals surface area contributed by atoms with Crippen molar-refractivity contribution in [2.45, 2.75) is 81.8 Å². The van der Waals surface area contributed by atoms with Crippen molar-refractivity contribution in [2.75, 3.05) is 26.2 Å². The van der Waals surface area contributed by atoms with E-state index in [1.807, 2.05) is 15.7 Å². The predicted molar refractivity (Wildman–Crippen MR) is 112 cm³/mol. The number of piperidine rings is 1. The van der Waals surface area contributed by atoms with E-state index in [0.29, 0.717) is 45.1 Å². The van der Waals surface area contributed by atoms with E-state index in [4.69, 9.17) is 9.47 Å². The van der Waals surface area contributed by atoms with Gasteiger partial charge in [-0.25, -0.2) is 9.78 Å². The van der Waals surface area contributed by atoms with Gasteiger partial charge in [0.1, 0.15) is 11.4 Å². The molecule has 1 aromatic heterocycles. The van der Waals surface area contributed by atoms with E-state index < -0.39 is 11.7 Å². The van der Waals surface area contributed by atoms with Crippen molar-refractivity contribution >= 4 is 11.9 Å². The molecule has 2 atom stereocenters. The largest absolute Gasteiger partial charge is 0.376 e. The summed E-state index contributed by atoms with van der Waals surface area (Å²) in [6.45, 7) is 2.94. The monoisotopic (exact) mass is 431 g/mol. The molecule has 0 aromatic carbocycles. The highest BCUT2D eigenvalue weighted by Gasteiger charge is 2.47. The number of fused-ring (bicyclic) bond motifs is 2. The Labute approximate surface area is 182 Å². The lowest BCUT2D eigenvalue weighted by Crippen LogP contribution is -2.56. The first kappa shape index (κ1) is 20.8. The Balaban J connectivity index is 1.22. The molecule has 1 saturated carbocycles. The first-order chi connectivity index (χ1) is 15.1. The van der Waals surface area contributed by atoms with E-state index in [0.717, 1.165) is 38.1 Å². The van der Waals surface area contributed by atoms with Crippen LogP contribution in [-0.4, -0.2) is 70.9 Å². The average molecular weight is 432 g/mol. The molecule has 31 heavy (non-hydrogen) atoms. The lowest BCUT2D eigenvalue weighted by Gasteiger charge is -2.45. The minimum atomic E-state index is -0.627.